The molecular formula is C36H48N3O9Si3+3. The number of hydrogen-bond acceptors (Lipinski definition) is 9. The van der Waals surface area contributed by atoms with Crippen molar-refractivity contribution in [1.82, 2.24) is 0 Å². The van der Waals surface area contributed by atoms with Gasteiger partial charge in [-0.05, 0) is 51.6 Å². The summed E-state index contributed by atoms with van der Waals surface area (Å²) in [6.45, 7) is 2.15. The van der Waals surface area contributed by atoms with Crippen LogP contribution in [0, 0.1) is 0 Å². The van der Waals surface area contributed by atoms with Crippen LogP contribution in [0.3, 0.4) is 0 Å². The quantitative estimate of drug-likeness (QED) is 0.0390. The van der Waals surface area contributed by atoms with Crippen LogP contribution in [-0.4, -0.2) is 72.1 Å². The fourth-order valence-electron chi connectivity index (χ4n) is 5.19. The normalized spacial score (nSPS) is 12.6. The highest BCUT2D eigenvalue weighted by Crippen LogP contribution is 2.19. The molecule has 0 fully saturated rings. The summed E-state index contributed by atoms with van der Waals surface area (Å²) in [6, 6.07) is 18.3. The van der Waals surface area contributed by atoms with Gasteiger partial charge in [-0.25, -0.2) is 13.7 Å². The molecule has 0 spiro atoms. The number of rotatable bonds is 19. The van der Waals surface area contributed by atoms with Crippen molar-refractivity contribution in [1.29, 1.82) is 0 Å². The lowest BCUT2D eigenvalue weighted by molar-refractivity contribution is -0.697. The first-order chi connectivity index (χ1) is 24.3. The molecule has 1 aromatic carbocycles. The van der Waals surface area contributed by atoms with Crippen molar-refractivity contribution in [3.8, 4) is 0 Å². The molecule has 3 heterocycles. The first-order valence-electron chi connectivity index (χ1n) is 16.8. The molecule has 4 rings (SSSR count). The third kappa shape index (κ3) is 16.4. The number of benzene rings is 1. The lowest BCUT2D eigenvalue weighted by atomic mass is 10.0. The van der Waals surface area contributed by atoms with E-state index in [0.29, 0.717) is 45.5 Å². The van der Waals surface area contributed by atoms with Crippen molar-refractivity contribution < 1.29 is 56.5 Å². The Morgan fingerprint density at radius 1 is 0.471 bits per heavy atom. The molecule has 3 aromatic heterocycles. The van der Waals surface area contributed by atoms with Gasteiger partial charge in [-0.1, -0.05) is 36.5 Å². The van der Waals surface area contributed by atoms with Gasteiger partial charge in [-0.15, -0.1) is 0 Å². The van der Waals surface area contributed by atoms with Crippen LogP contribution in [-0.2, 0) is 24.1 Å². The second-order valence-electron chi connectivity index (χ2n) is 12.3. The predicted octanol–water partition coefficient (Wildman–Crippen LogP) is 0.781. The summed E-state index contributed by atoms with van der Waals surface area (Å²) >= 11 is 0. The molecule has 51 heavy (non-hydrogen) atoms. The maximum absolute atomic E-state index is 9.24. The molecule has 0 aliphatic carbocycles. The van der Waals surface area contributed by atoms with E-state index < -0.39 is 27.1 Å². The van der Waals surface area contributed by atoms with E-state index in [2.05, 4.69) is 42.5 Å². The smallest absolute Gasteiger partial charge is 0.392 e. The molecule has 8 N–H and O–H groups in total. The first-order valence-corrected chi connectivity index (χ1v) is 22.4. The van der Waals surface area contributed by atoms with Crippen LogP contribution in [0.5, 0.6) is 0 Å². The van der Waals surface area contributed by atoms with Gasteiger partial charge in [0.25, 0.3) is 0 Å². The van der Waals surface area contributed by atoms with Gasteiger partial charge in [-0.3, -0.25) is 0 Å². The molecule has 0 unspecified atom stereocenters. The minimum Gasteiger partial charge on any atom is -0.392 e. The van der Waals surface area contributed by atoms with Gasteiger partial charge in [0.15, 0.2) is 43.7 Å². The maximum atomic E-state index is 9.24. The van der Waals surface area contributed by atoms with Crippen LogP contribution in [0.25, 0.3) is 36.5 Å². The van der Waals surface area contributed by atoms with Gasteiger partial charge >= 0.3 is 27.1 Å². The molecule has 0 saturated heterocycles. The molecule has 0 atom stereocenters. The van der Waals surface area contributed by atoms with Crippen LogP contribution >= 0.6 is 0 Å². The Morgan fingerprint density at radius 3 is 1.06 bits per heavy atom. The molecule has 15 heteroatoms. The van der Waals surface area contributed by atoms with Gasteiger partial charge in [0.1, 0.15) is 13.1 Å². The van der Waals surface area contributed by atoms with Crippen molar-refractivity contribution in [2.24, 2.45) is 0 Å². The van der Waals surface area contributed by atoms with Crippen molar-refractivity contribution in [3.63, 3.8) is 0 Å². The van der Waals surface area contributed by atoms with Crippen molar-refractivity contribution in [3.05, 3.63) is 125 Å². The maximum Gasteiger partial charge on any atom is 0.492 e. The standard InChI is InChI=1S/C36H48N3O9Si3/c40-49(41)48-25-1-16-37-19-10-31(11-20-37)4-7-34-28-35(8-5-32-12-21-38(22-13-32)17-2-26-50(42,43)44)30-36(29-34)9-6-33-14-23-39(24-15-33)18-3-27-51(45,46)47/h4-15,19-24,28-30,40-47,49H,1-3,16-18,25-27H2/q+3/b7-4+,8-5+,9-6+. The number of aromatic nitrogens is 3. The SMILES string of the molecule is O[SiH](O)OCCC[n+]1ccc(/C=C/c2cc(/C=C/c3cc[n+](CCC[Si](O)(O)O)cc3)cc(/C=C/c3cc[n+](CCC[Si](O)(O)O)cc3)c2)cc1. The molecule has 12 nitrogen and oxygen atoms in total. The van der Waals surface area contributed by atoms with Crippen molar-refractivity contribution in [2.45, 2.75) is 51.0 Å². The van der Waals surface area contributed by atoms with E-state index in [1.807, 2.05) is 99.4 Å². The Kier molecular flexibility index (Phi) is 15.4. The summed E-state index contributed by atoms with van der Waals surface area (Å²) in [4.78, 5) is 73.4. The summed E-state index contributed by atoms with van der Waals surface area (Å²) < 4.78 is 10.8. The molecule has 270 valence electrons. The Morgan fingerprint density at radius 2 is 0.765 bits per heavy atom. The van der Waals surface area contributed by atoms with Crippen LogP contribution < -0.4 is 13.7 Å². The minimum atomic E-state index is -4.03. The first kappa shape index (κ1) is 40.0. The molecular weight excluding hydrogens is 703 g/mol. The van der Waals surface area contributed by atoms with E-state index in [4.69, 9.17) is 14.0 Å². The van der Waals surface area contributed by atoms with Crippen LogP contribution in [0.15, 0.2) is 91.8 Å². The molecule has 0 aliphatic rings. The lowest BCUT2D eigenvalue weighted by Gasteiger charge is -2.06. The zero-order chi connectivity index (χ0) is 36.7. The Balaban J connectivity index is 1.48. The highest BCUT2D eigenvalue weighted by molar-refractivity contribution is 6.56. The molecule has 0 radical (unpaired) electrons. The van der Waals surface area contributed by atoms with Gasteiger partial charge in [-0.2, -0.15) is 0 Å². The second-order valence-corrected chi connectivity index (χ2v) is 17.4. The Bertz CT molecular complexity index is 1650. The summed E-state index contributed by atoms with van der Waals surface area (Å²) in [5.74, 6) is 0. The van der Waals surface area contributed by atoms with Crippen LogP contribution in [0.1, 0.15) is 52.6 Å². The monoisotopic (exact) mass is 750 g/mol. The average molecular weight is 751 g/mol. The average Bonchev–Trinajstić information content (AvgIpc) is 3.08. The summed E-state index contributed by atoms with van der Waals surface area (Å²) in [6.07, 6.45) is 25.6. The molecule has 0 aliphatic heterocycles. The number of pyridine rings is 3. The van der Waals surface area contributed by atoms with Crippen molar-refractivity contribution in [2.75, 3.05) is 6.61 Å². The predicted molar refractivity (Wildman–Crippen MR) is 199 cm³/mol. The second kappa shape index (κ2) is 19.7. The number of hydrogen-bond donors (Lipinski definition) is 8. The number of nitrogens with zero attached hydrogens (tertiary/aromatic N) is 3. The fraction of sp³-hybridized carbons (Fsp3) is 0.250. The number of aryl methyl sites for hydroxylation is 3. The van der Waals surface area contributed by atoms with Gasteiger partial charge < -0.3 is 42.8 Å². The summed E-state index contributed by atoms with van der Waals surface area (Å²) in [7, 11) is -11.0. The van der Waals surface area contributed by atoms with Gasteiger partial charge in [0.2, 0.25) is 0 Å². The van der Waals surface area contributed by atoms with Crippen LogP contribution in [0.4, 0.5) is 0 Å². The zero-order valence-corrected chi connectivity index (χ0v) is 31.5. The van der Waals surface area contributed by atoms with E-state index in [9.17, 15) is 28.8 Å². The van der Waals surface area contributed by atoms with E-state index >= 15 is 0 Å². The third-order valence-corrected chi connectivity index (χ3v) is 10.4. The topological polar surface area (TPSA) is 183 Å². The Labute approximate surface area is 302 Å². The molecule has 4 aromatic rings. The third-order valence-electron chi connectivity index (χ3n) is 7.84. The van der Waals surface area contributed by atoms with Gasteiger partial charge in [0, 0.05) is 74.4 Å². The minimum absolute atomic E-state index is 0.00280. The van der Waals surface area contributed by atoms with E-state index in [1.54, 1.807) is 0 Å². The van der Waals surface area contributed by atoms with Crippen molar-refractivity contribution >= 4 is 63.6 Å². The van der Waals surface area contributed by atoms with E-state index in [-0.39, 0.29) is 12.1 Å². The molecule has 0 amide bonds. The fourth-order valence-corrected chi connectivity index (χ4v) is 6.83. The Hall–Kier alpha value is -3.82. The van der Waals surface area contributed by atoms with E-state index in [1.165, 1.54) is 0 Å². The van der Waals surface area contributed by atoms with Gasteiger partial charge in [0.05, 0.1) is 0 Å². The molecule has 0 saturated carbocycles. The highest BCUT2D eigenvalue weighted by Gasteiger charge is 2.27. The zero-order valence-electron chi connectivity index (χ0n) is 28.4. The van der Waals surface area contributed by atoms with E-state index in [0.717, 1.165) is 33.4 Å². The summed E-state index contributed by atoms with van der Waals surface area (Å²) in [5, 5.41) is 0. The van der Waals surface area contributed by atoms with Crippen LogP contribution in [0.2, 0.25) is 12.1 Å². The largest absolute Gasteiger partial charge is 0.492 e. The highest BCUT2D eigenvalue weighted by atomic mass is 28.4. The molecule has 0 bridgehead atoms. The lowest BCUT2D eigenvalue weighted by Crippen LogP contribution is -2.38. The summed E-state index contributed by atoms with van der Waals surface area (Å²) in [5.41, 5.74) is 6.07.